The maximum atomic E-state index is 12.1. The van der Waals surface area contributed by atoms with Crippen LogP contribution in [0.25, 0.3) is 0 Å². The van der Waals surface area contributed by atoms with E-state index in [0.29, 0.717) is 17.7 Å². The highest BCUT2D eigenvalue weighted by Gasteiger charge is 2.06. The van der Waals surface area contributed by atoms with Gasteiger partial charge in [0.05, 0.1) is 18.5 Å². The molecule has 0 saturated carbocycles. The van der Waals surface area contributed by atoms with Crippen LogP contribution >= 0.6 is 0 Å². The second-order valence-electron chi connectivity index (χ2n) is 6.04. The molecular weight excluding hydrogens is 328 g/mol. The van der Waals surface area contributed by atoms with Crippen LogP contribution in [-0.4, -0.2) is 27.0 Å². The predicted octanol–water partition coefficient (Wildman–Crippen LogP) is 3.02. The quantitative estimate of drug-likeness (QED) is 0.549. The van der Waals surface area contributed by atoms with Gasteiger partial charge in [-0.2, -0.15) is 10.2 Å². The van der Waals surface area contributed by atoms with Crippen LogP contribution in [0.4, 0.5) is 0 Å². The lowest BCUT2D eigenvalue weighted by atomic mass is 10.1. The molecule has 3 aromatic rings. The monoisotopic (exact) mass is 348 g/mol. The number of rotatable bonds is 5. The zero-order valence-electron chi connectivity index (χ0n) is 14.7. The fraction of sp³-hybridized carbons (Fsp3) is 0.150. The number of phenolic OH excluding ortho intramolecular Hbond substituents is 1. The summed E-state index contributed by atoms with van der Waals surface area (Å²) in [6.07, 6.45) is 1.41. The van der Waals surface area contributed by atoms with E-state index in [2.05, 4.69) is 15.6 Å². The van der Waals surface area contributed by atoms with Crippen LogP contribution in [0.1, 0.15) is 32.9 Å². The first-order valence-electron chi connectivity index (χ1n) is 8.24. The van der Waals surface area contributed by atoms with Crippen LogP contribution < -0.4 is 5.43 Å². The Labute approximate surface area is 151 Å². The van der Waals surface area contributed by atoms with Gasteiger partial charge in [-0.3, -0.25) is 9.48 Å². The summed E-state index contributed by atoms with van der Waals surface area (Å²) in [5, 5.41) is 18.0. The maximum Gasteiger partial charge on any atom is 0.271 e. The minimum absolute atomic E-state index is 0.110. The topological polar surface area (TPSA) is 79.5 Å². The molecule has 0 saturated heterocycles. The Morgan fingerprint density at radius 2 is 1.92 bits per heavy atom. The zero-order chi connectivity index (χ0) is 18.5. The number of phenols is 1. The molecule has 0 aliphatic carbocycles. The van der Waals surface area contributed by atoms with Crippen LogP contribution in [-0.2, 0) is 6.54 Å². The Bertz CT molecular complexity index is 943. The van der Waals surface area contributed by atoms with E-state index in [1.54, 1.807) is 36.4 Å². The lowest BCUT2D eigenvalue weighted by molar-refractivity contribution is 0.0955. The molecule has 3 rings (SSSR count). The number of hydrazone groups is 1. The predicted molar refractivity (Wildman–Crippen MR) is 100 cm³/mol. The summed E-state index contributed by atoms with van der Waals surface area (Å²) in [5.74, 6) is -0.201. The lowest BCUT2D eigenvalue weighted by Crippen LogP contribution is -2.17. The fourth-order valence-corrected chi connectivity index (χ4v) is 2.59. The molecule has 0 unspecified atom stereocenters. The van der Waals surface area contributed by atoms with Crippen LogP contribution in [0.2, 0.25) is 0 Å². The molecule has 0 radical (unpaired) electrons. The molecule has 0 aliphatic rings. The van der Waals surface area contributed by atoms with Crippen LogP contribution in [0.3, 0.4) is 0 Å². The van der Waals surface area contributed by atoms with Gasteiger partial charge in [0.25, 0.3) is 5.91 Å². The highest BCUT2D eigenvalue weighted by molar-refractivity contribution is 5.95. The number of carbonyl (C=O) groups excluding carboxylic acids is 1. The third kappa shape index (κ3) is 4.16. The molecule has 0 aliphatic heterocycles. The number of nitrogens with zero attached hydrogens (tertiary/aromatic N) is 3. The highest BCUT2D eigenvalue weighted by Crippen LogP contribution is 2.12. The Balaban J connectivity index is 1.62. The number of aromatic hydroxyl groups is 1. The van der Waals surface area contributed by atoms with Gasteiger partial charge in [-0.25, -0.2) is 5.43 Å². The summed E-state index contributed by atoms with van der Waals surface area (Å²) in [6, 6.07) is 16.1. The Morgan fingerprint density at radius 1 is 1.19 bits per heavy atom. The van der Waals surface area contributed by atoms with E-state index < -0.39 is 0 Å². The summed E-state index contributed by atoms with van der Waals surface area (Å²) in [6.45, 7) is 4.64. The smallest absolute Gasteiger partial charge is 0.271 e. The zero-order valence-corrected chi connectivity index (χ0v) is 14.7. The first kappa shape index (κ1) is 17.4. The molecule has 26 heavy (non-hydrogen) atoms. The van der Waals surface area contributed by atoms with E-state index in [1.807, 2.05) is 36.7 Å². The third-order valence-electron chi connectivity index (χ3n) is 3.96. The number of aryl methyl sites for hydroxylation is 2. The van der Waals surface area contributed by atoms with Gasteiger partial charge in [-0.1, -0.05) is 24.3 Å². The van der Waals surface area contributed by atoms with Crippen LogP contribution in [0.15, 0.2) is 59.7 Å². The van der Waals surface area contributed by atoms with Crippen molar-refractivity contribution in [2.45, 2.75) is 20.4 Å². The summed E-state index contributed by atoms with van der Waals surface area (Å²) in [7, 11) is 0. The molecular formula is C20H20N4O2. The molecule has 132 valence electrons. The van der Waals surface area contributed by atoms with E-state index in [0.717, 1.165) is 17.0 Å². The van der Waals surface area contributed by atoms with Crippen molar-refractivity contribution in [3.05, 3.63) is 82.7 Å². The molecule has 0 bridgehead atoms. The van der Waals surface area contributed by atoms with Crippen molar-refractivity contribution in [2.24, 2.45) is 5.10 Å². The van der Waals surface area contributed by atoms with E-state index in [-0.39, 0.29) is 11.7 Å². The number of nitrogens with one attached hydrogen (secondary N) is 1. The van der Waals surface area contributed by atoms with Gasteiger partial charge in [0, 0.05) is 16.8 Å². The largest absolute Gasteiger partial charge is 0.507 e. The third-order valence-corrected chi connectivity index (χ3v) is 3.96. The van der Waals surface area contributed by atoms with Gasteiger partial charge in [-0.05, 0) is 49.7 Å². The van der Waals surface area contributed by atoms with Crippen molar-refractivity contribution >= 4 is 12.1 Å². The van der Waals surface area contributed by atoms with Gasteiger partial charge in [0.15, 0.2) is 0 Å². The molecule has 6 nitrogen and oxygen atoms in total. The summed E-state index contributed by atoms with van der Waals surface area (Å²) in [5.41, 5.74) is 6.65. The first-order chi connectivity index (χ1) is 12.5. The van der Waals surface area contributed by atoms with Gasteiger partial charge < -0.3 is 5.11 Å². The standard InChI is InChI=1S/C20H20N4O2/c1-14-11-15(2)24(23-14)13-16-7-9-17(10-8-16)20(26)22-21-12-18-5-3-4-6-19(18)25/h3-12,25H,13H2,1-2H3,(H,22,26)/b21-12-. The van der Waals surface area contributed by atoms with Gasteiger partial charge in [0.1, 0.15) is 5.75 Å². The molecule has 1 heterocycles. The van der Waals surface area contributed by atoms with Crippen molar-refractivity contribution in [1.29, 1.82) is 0 Å². The second kappa shape index (κ2) is 7.65. The van der Waals surface area contributed by atoms with Gasteiger partial charge >= 0.3 is 0 Å². The Kier molecular flexibility index (Phi) is 5.12. The summed E-state index contributed by atoms with van der Waals surface area (Å²) < 4.78 is 1.93. The van der Waals surface area contributed by atoms with Crippen molar-refractivity contribution in [3.8, 4) is 5.75 Å². The van der Waals surface area contributed by atoms with Crippen molar-refractivity contribution in [2.75, 3.05) is 0 Å². The lowest BCUT2D eigenvalue weighted by Gasteiger charge is -2.06. The van der Waals surface area contributed by atoms with E-state index in [1.165, 1.54) is 6.21 Å². The van der Waals surface area contributed by atoms with Crippen molar-refractivity contribution < 1.29 is 9.90 Å². The first-order valence-corrected chi connectivity index (χ1v) is 8.24. The van der Waals surface area contributed by atoms with E-state index in [4.69, 9.17) is 0 Å². The molecule has 6 heteroatoms. The normalized spacial score (nSPS) is 11.0. The maximum absolute atomic E-state index is 12.1. The van der Waals surface area contributed by atoms with Crippen molar-refractivity contribution in [3.63, 3.8) is 0 Å². The van der Waals surface area contributed by atoms with Crippen molar-refractivity contribution in [1.82, 2.24) is 15.2 Å². The van der Waals surface area contributed by atoms with Gasteiger partial charge in [0.2, 0.25) is 0 Å². The average Bonchev–Trinajstić information content (AvgIpc) is 2.94. The number of para-hydroxylation sites is 1. The molecule has 1 amide bonds. The Hall–Kier alpha value is -3.41. The minimum atomic E-state index is -0.311. The molecule has 0 atom stereocenters. The number of aromatic nitrogens is 2. The number of hydrogen-bond donors (Lipinski definition) is 2. The highest BCUT2D eigenvalue weighted by atomic mass is 16.3. The number of amides is 1. The van der Waals surface area contributed by atoms with Crippen LogP contribution in [0.5, 0.6) is 5.75 Å². The molecule has 0 fully saturated rings. The van der Waals surface area contributed by atoms with E-state index >= 15 is 0 Å². The Morgan fingerprint density at radius 3 is 2.58 bits per heavy atom. The number of benzene rings is 2. The molecule has 1 aromatic heterocycles. The second-order valence-corrected chi connectivity index (χ2v) is 6.04. The summed E-state index contributed by atoms with van der Waals surface area (Å²) in [4.78, 5) is 12.1. The SMILES string of the molecule is Cc1cc(C)n(Cc2ccc(C(=O)N/N=C\c3ccccc3O)cc2)n1. The minimum Gasteiger partial charge on any atom is -0.507 e. The van der Waals surface area contributed by atoms with Gasteiger partial charge in [-0.15, -0.1) is 0 Å². The molecule has 0 spiro atoms. The fourth-order valence-electron chi connectivity index (χ4n) is 2.59. The number of carbonyl (C=O) groups is 1. The molecule has 2 aromatic carbocycles. The average molecular weight is 348 g/mol. The molecule has 2 N–H and O–H groups in total. The van der Waals surface area contributed by atoms with E-state index in [9.17, 15) is 9.90 Å². The summed E-state index contributed by atoms with van der Waals surface area (Å²) >= 11 is 0. The van der Waals surface area contributed by atoms with Crippen LogP contribution in [0, 0.1) is 13.8 Å². The number of hydrogen-bond acceptors (Lipinski definition) is 4.